The summed E-state index contributed by atoms with van der Waals surface area (Å²) in [6.45, 7) is 14.2. The van der Waals surface area contributed by atoms with Gasteiger partial charge in [-0.2, -0.15) is 0 Å². The average Bonchev–Trinajstić information content (AvgIpc) is 3.25. The molecule has 2 rings (SSSR count). The molecule has 4 unspecified atom stereocenters. The lowest BCUT2D eigenvalue weighted by Gasteiger charge is -2.35. The fourth-order valence-electron chi connectivity index (χ4n) is 4.64. The molecule has 0 aliphatic carbocycles. The molecule has 0 aromatic heterocycles. The second-order valence-electron chi connectivity index (χ2n) is 12.8. The molecule has 2 heterocycles. The van der Waals surface area contributed by atoms with Crippen LogP contribution in [0.1, 0.15) is 81.6 Å². The Kier molecular flexibility index (Phi) is 12.8. The fraction of sp³-hybridized carbons (Fsp3) is 0.778. The van der Waals surface area contributed by atoms with Gasteiger partial charge in [0.15, 0.2) is 5.34 Å². The van der Waals surface area contributed by atoms with Crippen molar-refractivity contribution in [2.75, 3.05) is 19.7 Å². The molecule has 2 aliphatic rings. The summed E-state index contributed by atoms with van der Waals surface area (Å²) >= 11 is 1.25. The summed E-state index contributed by atoms with van der Waals surface area (Å²) in [6.07, 6.45) is 1.31. The Morgan fingerprint density at radius 3 is 2.02 bits per heavy atom. The summed E-state index contributed by atoms with van der Waals surface area (Å²) in [4.78, 5) is 71.9. The molecule has 0 radical (unpaired) electrons. The number of nitrogens with zero attached hydrogens (tertiary/aromatic N) is 2. The minimum absolute atomic E-state index is 0.0446. The van der Waals surface area contributed by atoms with Crippen molar-refractivity contribution in [3.05, 3.63) is 12.2 Å². The van der Waals surface area contributed by atoms with Crippen LogP contribution in [0.15, 0.2) is 12.2 Å². The zero-order valence-electron chi connectivity index (χ0n) is 26.8. The topological polar surface area (TPSA) is 186 Å². The Balaban J connectivity index is 1.90. The highest BCUT2D eigenvalue weighted by Crippen LogP contribution is 2.57. The molecule has 1 fully saturated rings. The highest BCUT2D eigenvalue weighted by atomic mass is 32.2. The highest BCUT2D eigenvalue weighted by Gasteiger charge is 2.46. The Morgan fingerprint density at radius 2 is 1.48 bits per heavy atom. The van der Waals surface area contributed by atoms with Gasteiger partial charge in [-0.15, -0.1) is 11.8 Å². The van der Waals surface area contributed by atoms with E-state index in [2.05, 4.69) is 0 Å². The maximum Gasteiger partial charge on any atom is 0.472 e. The molecule has 17 heteroatoms. The second-order valence-corrected chi connectivity index (χ2v) is 18.3. The number of carbonyl (C=O) groups is 4. The van der Waals surface area contributed by atoms with E-state index in [1.54, 1.807) is 34.6 Å². The molecule has 0 aromatic rings. The molecule has 0 aromatic carbocycles. The smallest absolute Gasteiger partial charge is 0.363 e. The molecule has 2 N–H and O–H groups in total. The number of hydrogen-bond acceptors (Lipinski definition) is 11. The zero-order chi connectivity index (χ0) is 33.9. The Bertz CT molecular complexity index is 1220. The average molecular weight is 685 g/mol. The van der Waals surface area contributed by atoms with Crippen LogP contribution >= 0.6 is 27.2 Å². The minimum Gasteiger partial charge on any atom is -0.363 e. The van der Waals surface area contributed by atoms with Crippen LogP contribution in [0.4, 0.5) is 0 Å². The van der Waals surface area contributed by atoms with Gasteiger partial charge in [-0.1, -0.05) is 13.8 Å². The van der Waals surface area contributed by atoms with Crippen LogP contribution in [0.25, 0.3) is 0 Å². The quantitative estimate of drug-likeness (QED) is 0.156. The standard InChI is InChI=1S/C27H46N2O12P2S/c1-18(2)39-43(36,37)41-25(4,5)12-15-38-27(8,9)42(34,35)40-19(3)17-26(6,7)44-20-16-23(32)29(24(20)33)14-13-28-21(30)10-11-22(28)31/h10-11,18-20H,12-17H2,1-9H3,(H,34,35)(H,36,37). The summed E-state index contributed by atoms with van der Waals surface area (Å²) in [6, 6.07) is 0. The molecule has 14 nitrogen and oxygen atoms in total. The Hall–Kier alpha value is -1.41. The summed E-state index contributed by atoms with van der Waals surface area (Å²) in [5, 5.41) is -2.33. The molecule has 0 bridgehead atoms. The first-order valence-corrected chi connectivity index (χ1v) is 18.2. The Labute approximate surface area is 263 Å². The van der Waals surface area contributed by atoms with E-state index in [9.17, 15) is 38.1 Å². The predicted molar refractivity (Wildman–Crippen MR) is 164 cm³/mol. The maximum absolute atomic E-state index is 13.3. The number of rotatable bonds is 18. The fourth-order valence-corrected chi connectivity index (χ4v) is 8.56. The molecule has 44 heavy (non-hydrogen) atoms. The van der Waals surface area contributed by atoms with Crippen molar-refractivity contribution in [3.8, 4) is 0 Å². The lowest BCUT2D eigenvalue weighted by molar-refractivity contribution is -0.142. The lowest BCUT2D eigenvalue weighted by Crippen LogP contribution is -2.41. The lowest BCUT2D eigenvalue weighted by atomic mass is 10.1. The van der Waals surface area contributed by atoms with E-state index in [1.165, 1.54) is 25.6 Å². The molecule has 252 valence electrons. The van der Waals surface area contributed by atoms with Gasteiger partial charge in [0.05, 0.1) is 29.7 Å². The van der Waals surface area contributed by atoms with Gasteiger partial charge in [0, 0.05) is 36.4 Å². The van der Waals surface area contributed by atoms with E-state index in [0.717, 1.165) is 22.0 Å². The first-order chi connectivity index (χ1) is 19.9. The van der Waals surface area contributed by atoms with Crippen molar-refractivity contribution in [3.63, 3.8) is 0 Å². The number of amides is 4. The molecular formula is C27H46N2O12P2S. The second kappa shape index (κ2) is 14.6. The van der Waals surface area contributed by atoms with E-state index in [-0.39, 0.29) is 39.0 Å². The van der Waals surface area contributed by atoms with Crippen molar-refractivity contribution < 1.29 is 56.4 Å². The molecule has 4 atom stereocenters. The van der Waals surface area contributed by atoms with Crippen molar-refractivity contribution in [2.45, 2.75) is 115 Å². The SMILES string of the molecule is CC(C)OP(=O)(O)OC(C)(C)CCOC(C)(C)P(=O)(O)OC(C)CC(C)(C)SC1CC(=O)N(CCN2C(=O)C=CC2=O)C1=O. The van der Waals surface area contributed by atoms with Gasteiger partial charge in [0.2, 0.25) is 11.8 Å². The number of carbonyl (C=O) groups excluding carboxylic acids is 4. The molecule has 0 spiro atoms. The van der Waals surface area contributed by atoms with Crippen molar-refractivity contribution in [2.24, 2.45) is 0 Å². The highest BCUT2D eigenvalue weighted by molar-refractivity contribution is 8.02. The van der Waals surface area contributed by atoms with Gasteiger partial charge < -0.3 is 19.0 Å². The minimum atomic E-state index is -4.37. The normalized spacial score (nSPS) is 21.9. The van der Waals surface area contributed by atoms with E-state index < -0.39 is 72.2 Å². The predicted octanol–water partition coefficient (Wildman–Crippen LogP) is 3.99. The van der Waals surface area contributed by atoms with E-state index in [1.807, 2.05) is 13.8 Å². The van der Waals surface area contributed by atoms with Gasteiger partial charge in [-0.25, -0.2) is 4.57 Å². The summed E-state index contributed by atoms with van der Waals surface area (Å²) in [5.41, 5.74) is -1.14. The molecule has 1 saturated heterocycles. The van der Waals surface area contributed by atoms with Crippen LogP contribution < -0.4 is 0 Å². The third-order valence-electron chi connectivity index (χ3n) is 6.76. The maximum atomic E-state index is 13.3. The van der Waals surface area contributed by atoms with Crippen LogP contribution in [0, 0.1) is 0 Å². The Morgan fingerprint density at radius 1 is 0.932 bits per heavy atom. The van der Waals surface area contributed by atoms with Crippen LogP contribution in [0.2, 0.25) is 0 Å². The molecule has 0 saturated carbocycles. The van der Waals surface area contributed by atoms with Gasteiger partial charge in [-0.05, 0) is 61.3 Å². The summed E-state index contributed by atoms with van der Waals surface area (Å²) < 4.78 is 46.2. The van der Waals surface area contributed by atoms with Crippen LogP contribution in [0.5, 0.6) is 0 Å². The molecular weight excluding hydrogens is 638 g/mol. The van der Waals surface area contributed by atoms with Crippen LogP contribution in [-0.2, 0) is 46.6 Å². The van der Waals surface area contributed by atoms with Crippen LogP contribution in [0.3, 0.4) is 0 Å². The largest absolute Gasteiger partial charge is 0.472 e. The molecule has 2 aliphatic heterocycles. The monoisotopic (exact) mass is 684 g/mol. The van der Waals surface area contributed by atoms with E-state index >= 15 is 0 Å². The number of phosphoric acid groups is 1. The van der Waals surface area contributed by atoms with Gasteiger partial charge >= 0.3 is 15.4 Å². The number of likely N-dealkylation sites (tertiary alicyclic amines) is 1. The van der Waals surface area contributed by atoms with Gasteiger partial charge in [0.25, 0.3) is 11.8 Å². The molecule has 4 amide bonds. The first kappa shape index (κ1) is 38.8. The van der Waals surface area contributed by atoms with Gasteiger partial charge in [0.1, 0.15) is 0 Å². The number of hydrogen-bond donors (Lipinski definition) is 2. The van der Waals surface area contributed by atoms with E-state index in [4.69, 9.17) is 18.3 Å². The van der Waals surface area contributed by atoms with E-state index in [0.29, 0.717) is 0 Å². The van der Waals surface area contributed by atoms with Crippen molar-refractivity contribution in [1.29, 1.82) is 0 Å². The number of imide groups is 2. The number of phosphoric ester groups is 1. The van der Waals surface area contributed by atoms with Crippen LogP contribution in [-0.4, -0.2) is 96.1 Å². The summed E-state index contributed by atoms with van der Waals surface area (Å²) in [5.74, 6) is -1.81. The van der Waals surface area contributed by atoms with Gasteiger partial charge in [-0.3, -0.25) is 42.6 Å². The third kappa shape index (κ3) is 11.1. The van der Waals surface area contributed by atoms with Crippen molar-refractivity contribution in [1.82, 2.24) is 9.80 Å². The summed E-state index contributed by atoms with van der Waals surface area (Å²) in [7, 11) is -8.69. The third-order valence-corrected chi connectivity index (χ3v) is 11.8. The first-order valence-electron chi connectivity index (χ1n) is 14.3. The number of thioether (sulfide) groups is 1. The van der Waals surface area contributed by atoms with Crippen molar-refractivity contribution >= 4 is 50.8 Å². The number of ether oxygens (including phenoxy) is 1. The zero-order valence-corrected chi connectivity index (χ0v) is 29.4.